The third-order valence-electron chi connectivity index (χ3n) is 4.57. The molecule has 0 fully saturated rings. The molecular weight excluding hydrogens is 404 g/mol. The summed E-state index contributed by atoms with van der Waals surface area (Å²) in [5.74, 6) is -0.529. The predicted molar refractivity (Wildman–Crippen MR) is 132 cm³/mol. The molecule has 0 saturated carbocycles. The van der Waals surface area contributed by atoms with Gasteiger partial charge >= 0.3 is 5.97 Å². The first kappa shape index (κ1) is 30.0. The molecule has 0 aliphatic rings. The summed E-state index contributed by atoms with van der Waals surface area (Å²) in [6.45, 7) is 3.68. The largest absolute Gasteiger partial charge is 0.456 e. The van der Waals surface area contributed by atoms with Gasteiger partial charge in [0, 0.05) is 6.61 Å². The van der Waals surface area contributed by atoms with E-state index in [1.165, 1.54) is 0 Å². The molecule has 0 aromatic rings. The number of rotatable bonds is 20. The number of hydrogen-bond acceptors (Lipinski definition) is 5. The lowest BCUT2D eigenvalue weighted by Crippen LogP contribution is -2.33. The van der Waals surface area contributed by atoms with Crippen molar-refractivity contribution >= 4 is 5.97 Å². The second-order valence-electron chi connectivity index (χ2n) is 7.40. The molecule has 0 saturated heterocycles. The molecule has 0 aromatic heterocycles. The third kappa shape index (κ3) is 18.8. The molecule has 5 nitrogen and oxygen atoms in total. The van der Waals surface area contributed by atoms with Gasteiger partial charge in [0.2, 0.25) is 0 Å². The van der Waals surface area contributed by atoms with Crippen LogP contribution in [0.15, 0.2) is 60.8 Å². The van der Waals surface area contributed by atoms with Crippen LogP contribution in [0.5, 0.6) is 0 Å². The lowest BCUT2D eigenvalue weighted by molar-refractivity contribution is -0.167. The van der Waals surface area contributed by atoms with Gasteiger partial charge < -0.3 is 19.7 Å². The van der Waals surface area contributed by atoms with E-state index < -0.39 is 31.4 Å². The van der Waals surface area contributed by atoms with Crippen LogP contribution in [0.2, 0.25) is 0 Å². The summed E-state index contributed by atoms with van der Waals surface area (Å²) >= 11 is 0. The third-order valence-corrected chi connectivity index (χ3v) is 4.57. The molecule has 32 heavy (non-hydrogen) atoms. The summed E-state index contributed by atoms with van der Waals surface area (Å²) < 4.78 is 10.6. The Labute approximate surface area is 195 Å². The van der Waals surface area contributed by atoms with Crippen molar-refractivity contribution in [3.8, 4) is 0 Å². The Kier molecular flexibility index (Phi) is 22.3. The predicted octanol–water partition coefficient (Wildman–Crippen LogP) is 5.60. The van der Waals surface area contributed by atoms with Gasteiger partial charge in [-0.1, -0.05) is 74.6 Å². The molecular formula is C27H44O5. The van der Waals surface area contributed by atoms with Crippen molar-refractivity contribution < 1.29 is 24.5 Å². The van der Waals surface area contributed by atoms with Crippen molar-refractivity contribution in [3.05, 3.63) is 60.8 Å². The zero-order valence-electron chi connectivity index (χ0n) is 20.0. The fourth-order valence-electron chi connectivity index (χ4n) is 2.68. The molecule has 182 valence electrons. The SMILES string of the molecule is CCC=CCC=CCC=CCC=CCC=CCCCCOC(CC)C(=O)OC(CO)CO. The van der Waals surface area contributed by atoms with Crippen molar-refractivity contribution in [2.45, 2.75) is 83.8 Å². The van der Waals surface area contributed by atoms with Gasteiger partial charge in [-0.15, -0.1) is 0 Å². The highest BCUT2D eigenvalue weighted by atomic mass is 16.6. The Hall–Kier alpha value is -1.95. The highest BCUT2D eigenvalue weighted by Crippen LogP contribution is 2.07. The van der Waals surface area contributed by atoms with E-state index >= 15 is 0 Å². The van der Waals surface area contributed by atoms with Gasteiger partial charge in [-0.05, 0) is 57.8 Å². The second kappa shape index (κ2) is 23.7. The van der Waals surface area contributed by atoms with Gasteiger partial charge in [-0.25, -0.2) is 4.79 Å². The molecule has 0 amide bonds. The van der Waals surface area contributed by atoms with Crippen LogP contribution < -0.4 is 0 Å². The summed E-state index contributed by atoms with van der Waals surface area (Å²) in [5, 5.41) is 18.0. The van der Waals surface area contributed by atoms with Gasteiger partial charge in [0.05, 0.1) is 13.2 Å². The van der Waals surface area contributed by atoms with Crippen LogP contribution in [0.3, 0.4) is 0 Å². The molecule has 2 N–H and O–H groups in total. The van der Waals surface area contributed by atoms with Crippen LogP contribution in [0.1, 0.15) is 71.6 Å². The first-order chi connectivity index (χ1) is 15.7. The zero-order chi connectivity index (χ0) is 23.7. The van der Waals surface area contributed by atoms with Gasteiger partial charge in [-0.2, -0.15) is 0 Å². The van der Waals surface area contributed by atoms with Gasteiger partial charge in [0.1, 0.15) is 6.10 Å². The molecule has 1 unspecified atom stereocenters. The minimum absolute atomic E-state index is 0.397. The summed E-state index contributed by atoms with van der Waals surface area (Å²) in [7, 11) is 0. The van der Waals surface area contributed by atoms with E-state index in [0.717, 1.165) is 51.4 Å². The summed E-state index contributed by atoms with van der Waals surface area (Å²) in [6, 6.07) is 0. The van der Waals surface area contributed by atoms with Crippen LogP contribution in [0.25, 0.3) is 0 Å². The number of aliphatic hydroxyl groups excluding tert-OH is 2. The standard InChI is InChI=1S/C27H44O5/c1-3-5-6-7-8-9-10-11-12-13-14-15-16-17-18-19-20-21-22-31-26(4-2)27(30)32-25(23-28)24-29/h5-6,8-9,11-12,14-15,17-18,25-26,28-29H,3-4,7,10,13,16,19-24H2,1-2H3. The maximum Gasteiger partial charge on any atom is 0.335 e. The van der Waals surface area contributed by atoms with Crippen LogP contribution in [-0.2, 0) is 14.3 Å². The fraction of sp³-hybridized carbons (Fsp3) is 0.593. The van der Waals surface area contributed by atoms with Crippen LogP contribution in [0, 0.1) is 0 Å². The molecule has 1 atom stereocenters. The number of hydrogen-bond donors (Lipinski definition) is 2. The molecule has 0 bridgehead atoms. The number of unbranched alkanes of at least 4 members (excludes halogenated alkanes) is 2. The van der Waals surface area contributed by atoms with E-state index in [4.69, 9.17) is 19.7 Å². The fourth-order valence-corrected chi connectivity index (χ4v) is 2.68. The average molecular weight is 449 g/mol. The number of carbonyl (C=O) groups is 1. The Morgan fingerprint density at radius 3 is 1.72 bits per heavy atom. The highest BCUT2D eigenvalue weighted by molar-refractivity contribution is 5.74. The topological polar surface area (TPSA) is 76.0 Å². The Morgan fingerprint density at radius 1 is 0.750 bits per heavy atom. The number of ether oxygens (including phenoxy) is 2. The van der Waals surface area contributed by atoms with E-state index in [-0.39, 0.29) is 0 Å². The number of aliphatic hydroxyl groups is 2. The summed E-state index contributed by atoms with van der Waals surface area (Å²) in [5.41, 5.74) is 0. The molecule has 0 aliphatic heterocycles. The molecule has 0 radical (unpaired) electrons. The summed E-state index contributed by atoms with van der Waals surface area (Å²) in [4.78, 5) is 11.9. The van der Waals surface area contributed by atoms with Crippen molar-refractivity contribution in [2.75, 3.05) is 19.8 Å². The Balaban J connectivity index is 3.71. The number of carbonyl (C=O) groups excluding carboxylic acids is 1. The van der Waals surface area contributed by atoms with Crippen molar-refractivity contribution in [3.63, 3.8) is 0 Å². The Bertz CT molecular complexity index is 571. The van der Waals surface area contributed by atoms with Crippen molar-refractivity contribution in [2.24, 2.45) is 0 Å². The van der Waals surface area contributed by atoms with Crippen LogP contribution in [0.4, 0.5) is 0 Å². The smallest absolute Gasteiger partial charge is 0.335 e. The molecule has 0 rings (SSSR count). The zero-order valence-corrected chi connectivity index (χ0v) is 20.0. The van der Waals surface area contributed by atoms with E-state index in [1.54, 1.807) is 0 Å². The Morgan fingerprint density at radius 2 is 1.25 bits per heavy atom. The van der Waals surface area contributed by atoms with E-state index in [9.17, 15) is 4.79 Å². The van der Waals surface area contributed by atoms with E-state index in [2.05, 4.69) is 67.7 Å². The molecule has 5 heteroatoms. The molecule has 0 spiro atoms. The van der Waals surface area contributed by atoms with Crippen molar-refractivity contribution in [1.82, 2.24) is 0 Å². The second-order valence-corrected chi connectivity index (χ2v) is 7.40. The molecule has 0 aliphatic carbocycles. The van der Waals surface area contributed by atoms with E-state index in [1.807, 2.05) is 6.92 Å². The maximum absolute atomic E-state index is 11.9. The highest BCUT2D eigenvalue weighted by Gasteiger charge is 2.22. The van der Waals surface area contributed by atoms with E-state index in [0.29, 0.717) is 13.0 Å². The average Bonchev–Trinajstić information content (AvgIpc) is 2.81. The summed E-state index contributed by atoms with van der Waals surface area (Å²) in [6.07, 6.45) is 28.7. The first-order valence-electron chi connectivity index (χ1n) is 12.0. The minimum Gasteiger partial charge on any atom is -0.456 e. The van der Waals surface area contributed by atoms with Crippen LogP contribution in [-0.4, -0.2) is 48.2 Å². The van der Waals surface area contributed by atoms with Gasteiger partial charge in [0.15, 0.2) is 6.10 Å². The lowest BCUT2D eigenvalue weighted by Gasteiger charge is -2.18. The quantitative estimate of drug-likeness (QED) is 0.144. The molecule has 0 heterocycles. The minimum atomic E-state index is -0.879. The maximum atomic E-state index is 11.9. The first-order valence-corrected chi connectivity index (χ1v) is 12.0. The van der Waals surface area contributed by atoms with Crippen molar-refractivity contribution in [1.29, 1.82) is 0 Å². The van der Waals surface area contributed by atoms with Gasteiger partial charge in [0.25, 0.3) is 0 Å². The monoisotopic (exact) mass is 448 g/mol. The normalized spacial score (nSPS) is 13.7. The number of allylic oxidation sites excluding steroid dienone is 10. The van der Waals surface area contributed by atoms with Gasteiger partial charge in [-0.3, -0.25) is 0 Å². The molecule has 0 aromatic carbocycles. The van der Waals surface area contributed by atoms with Crippen LogP contribution >= 0.6 is 0 Å². The lowest BCUT2D eigenvalue weighted by atomic mass is 10.2. The number of esters is 1.